The van der Waals surface area contributed by atoms with Gasteiger partial charge < -0.3 is 15.4 Å². The number of aliphatic imine (C=N–C) groups is 1. The Bertz CT molecular complexity index is 211. The zero-order chi connectivity index (χ0) is 9.26. The molecule has 0 aromatic heterocycles. The average Bonchev–Trinajstić information content (AvgIpc) is 2.43. The molecule has 1 aliphatic heterocycles. The monoisotopic (exact) mass is 183 g/mol. The molecule has 1 atom stereocenters. The van der Waals surface area contributed by atoms with Crippen LogP contribution in [0.5, 0.6) is 0 Å². The van der Waals surface area contributed by atoms with Gasteiger partial charge in [-0.25, -0.2) is 0 Å². The van der Waals surface area contributed by atoms with Crippen LogP contribution in [0.2, 0.25) is 0 Å². The third-order valence-electron chi connectivity index (χ3n) is 2.68. The summed E-state index contributed by atoms with van der Waals surface area (Å²) in [5.41, 5.74) is 0. The average molecular weight is 183 g/mol. The molecule has 2 rings (SSSR count). The van der Waals surface area contributed by atoms with Crippen molar-refractivity contribution < 1.29 is 4.74 Å². The number of methoxy groups -OCH3 is 1. The summed E-state index contributed by atoms with van der Waals surface area (Å²) in [6, 6.07) is 1.04. The van der Waals surface area contributed by atoms with Gasteiger partial charge in [-0.2, -0.15) is 0 Å². The van der Waals surface area contributed by atoms with E-state index < -0.39 is 0 Å². The molecule has 4 nitrogen and oxygen atoms in total. The van der Waals surface area contributed by atoms with Crippen LogP contribution in [0, 0.1) is 0 Å². The lowest BCUT2D eigenvalue weighted by Crippen LogP contribution is -2.51. The maximum atomic E-state index is 5.20. The number of guanidine groups is 1. The van der Waals surface area contributed by atoms with Crippen molar-refractivity contribution in [2.45, 2.75) is 38.0 Å². The maximum absolute atomic E-state index is 5.20. The summed E-state index contributed by atoms with van der Waals surface area (Å²) in [6.45, 7) is 3.03. The summed E-state index contributed by atoms with van der Waals surface area (Å²) in [6.07, 6.45) is 2.66. The molecule has 1 unspecified atom stereocenters. The van der Waals surface area contributed by atoms with Crippen molar-refractivity contribution in [3.8, 4) is 0 Å². The Morgan fingerprint density at radius 3 is 2.85 bits per heavy atom. The molecule has 2 aliphatic rings. The topological polar surface area (TPSA) is 45.6 Å². The van der Waals surface area contributed by atoms with Crippen LogP contribution in [-0.2, 0) is 4.74 Å². The van der Waals surface area contributed by atoms with Crippen LogP contribution < -0.4 is 10.6 Å². The van der Waals surface area contributed by atoms with Crippen LogP contribution in [0.1, 0.15) is 19.8 Å². The SMILES string of the molecule is COC1CC(NC2=NCC(C)N2)C1. The predicted octanol–water partition coefficient (Wildman–Crippen LogP) is 0.101. The van der Waals surface area contributed by atoms with E-state index in [1.807, 2.05) is 0 Å². The van der Waals surface area contributed by atoms with Gasteiger partial charge >= 0.3 is 0 Å². The van der Waals surface area contributed by atoms with Crippen molar-refractivity contribution in [1.29, 1.82) is 0 Å². The van der Waals surface area contributed by atoms with Gasteiger partial charge in [-0.05, 0) is 19.8 Å². The first-order chi connectivity index (χ1) is 6.28. The van der Waals surface area contributed by atoms with Gasteiger partial charge in [0.25, 0.3) is 0 Å². The second-order valence-corrected chi connectivity index (χ2v) is 3.91. The van der Waals surface area contributed by atoms with Crippen molar-refractivity contribution in [2.24, 2.45) is 4.99 Å². The highest BCUT2D eigenvalue weighted by Crippen LogP contribution is 2.22. The Labute approximate surface area is 78.8 Å². The van der Waals surface area contributed by atoms with Gasteiger partial charge in [0.05, 0.1) is 12.6 Å². The molecule has 1 saturated carbocycles. The van der Waals surface area contributed by atoms with Crippen LogP contribution in [0.4, 0.5) is 0 Å². The summed E-state index contributed by atoms with van der Waals surface area (Å²) in [5, 5.41) is 6.65. The van der Waals surface area contributed by atoms with Crippen molar-refractivity contribution in [3.05, 3.63) is 0 Å². The summed E-state index contributed by atoms with van der Waals surface area (Å²) < 4.78 is 5.20. The maximum Gasteiger partial charge on any atom is 0.191 e. The molecule has 1 heterocycles. The van der Waals surface area contributed by atoms with Gasteiger partial charge in [0.15, 0.2) is 5.96 Å². The van der Waals surface area contributed by atoms with E-state index in [2.05, 4.69) is 22.5 Å². The van der Waals surface area contributed by atoms with E-state index in [0.29, 0.717) is 18.2 Å². The fourth-order valence-electron chi connectivity index (χ4n) is 1.71. The predicted molar refractivity (Wildman–Crippen MR) is 51.9 cm³/mol. The highest BCUT2D eigenvalue weighted by molar-refractivity contribution is 5.82. The van der Waals surface area contributed by atoms with E-state index in [-0.39, 0.29) is 0 Å². The van der Waals surface area contributed by atoms with E-state index in [1.165, 1.54) is 0 Å². The van der Waals surface area contributed by atoms with Crippen LogP contribution in [0.25, 0.3) is 0 Å². The fraction of sp³-hybridized carbons (Fsp3) is 0.889. The first kappa shape index (κ1) is 8.81. The summed E-state index contributed by atoms with van der Waals surface area (Å²) in [4.78, 5) is 4.34. The second kappa shape index (κ2) is 3.54. The lowest BCUT2D eigenvalue weighted by Gasteiger charge is -2.35. The van der Waals surface area contributed by atoms with E-state index in [9.17, 15) is 0 Å². The fourth-order valence-corrected chi connectivity index (χ4v) is 1.71. The van der Waals surface area contributed by atoms with Crippen molar-refractivity contribution in [2.75, 3.05) is 13.7 Å². The van der Waals surface area contributed by atoms with Crippen LogP contribution in [0.3, 0.4) is 0 Å². The lowest BCUT2D eigenvalue weighted by molar-refractivity contribution is 0.0224. The first-order valence-electron chi connectivity index (χ1n) is 4.88. The third-order valence-corrected chi connectivity index (χ3v) is 2.68. The number of nitrogens with one attached hydrogen (secondary N) is 2. The molecule has 4 heteroatoms. The number of nitrogens with zero attached hydrogens (tertiary/aromatic N) is 1. The quantitative estimate of drug-likeness (QED) is 0.638. The van der Waals surface area contributed by atoms with Gasteiger partial charge in [-0.15, -0.1) is 0 Å². The Morgan fingerprint density at radius 1 is 1.54 bits per heavy atom. The number of ether oxygens (including phenoxy) is 1. The number of rotatable bonds is 2. The largest absolute Gasteiger partial charge is 0.381 e. The highest BCUT2D eigenvalue weighted by Gasteiger charge is 2.30. The van der Waals surface area contributed by atoms with Gasteiger partial charge in [0, 0.05) is 19.2 Å². The zero-order valence-corrected chi connectivity index (χ0v) is 8.21. The van der Waals surface area contributed by atoms with Crippen LogP contribution in [-0.4, -0.2) is 37.8 Å². The third kappa shape index (κ3) is 1.94. The minimum atomic E-state index is 0.455. The molecule has 0 radical (unpaired) electrons. The van der Waals surface area contributed by atoms with Gasteiger partial charge in [0.2, 0.25) is 0 Å². The molecule has 0 spiro atoms. The minimum absolute atomic E-state index is 0.455. The molecular formula is C9H17N3O. The summed E-state index contributed by atoms with van der Waals surface area (Å²) in [5.74, 6) is 0.965. The van der Waals surface area contributed by atoms with Crippen LogP contribution >= 0.6 is 0 Å². The summed E-state index contributed by atoms with van der Waals surface area (Å²) in [7, 11) is 1.77. The Morgan fingerprint density at radius 2 is 2.31 bits per heavy atom. The van der Waals surface area contributed by atoms with Crippen LogP contribution in [0.15, 0.2) is 4.99 Å². The van der Waals surface area contributed by atoms with Crippen molar-refractivity contribution >= 4 is 5.96 Å². The van der Waals surface area contributed by atoms with Gasteiger partial charge in [-0.1, -0.05) is 0 Å². The molecule has 74 valence electrons. The molecule has 0 aromatic rings. The smallest absolute Gasteiger partial charge is 0.191 e. The molecule has 0 aromatic carbocycles. The molecular weight excluding hydrogens is 166 g/mol. The molecule has 0 amide bonds. The van der Waals surface area contributed by atoms with Gasteiger partial charge in [-0.3, -0.25) is 4.99 Å². The van der Waals surface area contributed by atoms with Crippen molar-refractivity contribution in [3.63, 3.8) is 0 Å². The molecule has 0 saturated heterocycles. The standard InChI is InChI=1S/C9H17N3O/c1-6-5-10-9(11-6)12-7-3-8(4-7)13-2/h6-8H,3-5H2,1-2H3,(H2,10,11,12). The second-order valence-electron chi connectivity index (χ2n) is 3.91. The molecule has 2 N–H and O–H groups in total. The number of hydrogen-bond donors (Lipinski definition) is 2. The normalized spacial score (nSPS) is 37.7. The molecule has 1 fully saturated rings. The van der Waals surface area contributed by atoms with E-state index >= 15 is 0 Å². The zero-order valence-electron chi connectivity index (χ0n) is 8.21. The Kier molecular flexibility index (Phi) is 2.40. The minimum Gasteiger partial charge on any atom is -0.381 e. The first-order valence-corrected chi connectivity index (χ1v) is 4.88. The van der Waals surface area contributed by atoms with Gasteiger partial charge in [0.1, 0.15) is 0 Å². The Balaban J connectivity index is 1.69. The van der Waals surface area contributed by atoms with E-state index in [4.69, 9.17) is 4.74 Å². The highest BCUT2D eigenvalue weighted by atomic mass is 16.5. The number of hydrogen-bond acceptors (Lipinski definition) is 4. The summed E-state index contributed by atoms with van der Waals surface area (Å²) >= 11 is 0. The molecule has 13 heavy (non-hydrogen) atoms. The Hall–Kier alpha value is -0.770. The van der Waals surface area contributed by atoms with Crippen molar-refractivity contribution in [1.82, 2.24) is 10.6 Å². The lowest BCUT2D eigenvalue weighted by atomic mass is 9.89. The van der Waals surface area contributed by atoms with E-state index in [1.54, 1.807) is 7.11 Å². The molecule has 1 aliphatic carbocycles. The van der Waals surface area contributed by atoms with E-state index in [0.717, 1.165) is 25.3 Å². The molecule has 0 bridgehead atoms.